The third kappa shape index (κ3) is 1.64. The summed E-state index contributed by atoms with van der Waals surface area (Å²) < 4.78 is 5.53. The SMILES string of the molecule is CC/C(C)=C(/OC(C)=O)C1[C@@H]2[C@H]3CC[C@H](C3)[C@H]12. The van der Waals surface area contributed by atoms with Gasteiger partial charge in [-0.2, -0.15) is 0 Å². The van der Waals surface area contributed by atoms with Crippen molar-refractivity contribution in [2.45, 2.75) is 46.5 Å². The second-order valence-corrected chi connectivity index (χ2v) is 6.11. The number of carbonyl (C=O) groups is 1. The summed E-state index contributed by atoms with van der Waals surface area (Å²) in [6, 6.07) is 0. The first-order valence-electron chi connectivity index (χ1n) is 7.01. The van der Waals surface area contributed by atoms with Crippen LogP contribution in [0.3, 0.4) is 0 Å². The highest BCUT2D eigenvalue weighted by molar-refractivity contribution is 5.67. The molecule has 2 heteroatoms. The normalized spacial score (nSPS) is 43.1. The number of rotatable bonds is 3. The van der Waals surface area contributed by atoms with Crippen LogP contribution in [0.15, 0.2) is 11.3 Å². The molecule has 1 unspecified atom stereocenters. The van der Waals surface area contributed by atoms with Crippen LogP contribution in [0.5, 0.6) is 0 Å². The Bertz CT molecular complexity index is 366. The monoisotopic (exact) mass is 234 g/mol. The largest absolute Gasteiger partial charge is 0.431 e. The van der Waals surface area contributed by atoms with Crippen molar-refractivity contribution in [1.29, 1.82) is 0 Å². The van der Waals surface area contributed by atoms with Crippen molar-refractivity contribution >= 4 is 5.97 Å². The molecule has 17 heavy (non-hydrogen) atoms. The quantitative estimate of drug-likeness (QED) is 0.551. The molecule has 0 aromatic heterocycles. The molecule has 94 valence electrons. The van der Waals surface area contributed by atoms with E-state index >= 15 is 0 Å². The van der Waals surface area contributed by atoms with Crippen molar-refractivity contribution in [3.05, 3.63) is 11.3 Å². The molecule has 3 aliphatic carbocycles. The molecule has 5 atom stereocenters. The van der Waals surface area contributed by atoms with Crippen LogP contribution in [-0.4, -0.2) is 5.97 Å². The second-order valence-electron chi connectivity index (χ2n) is 6.11. The van der Waals surface area contributed by atoms with Crippen LogP contribution < -0.4 is 0 Å². The molecule has 0 radical (unpaired) electrons. The number of fused-ring (bicyclic) bond motifs is 5. The zero-order valence-corrected chi connectivity index (χ0v) is 11.0. The smallest absolute Gasteiger partial charge is 0.307 e. The topological polar surface area (TPSA) is 26.3 Å². The molecular weight excluding hydrogens is 212 g/mol. The van der Waals surface area contributed by atoms with Crippen molar-refractivity contribution in [1.82, 2.24) is 0 Å². The van der Waals surface area contributed by atoms with E-state index < -0.39 is 0 Å². The minimum atomic E-state index is -0.148. The minimum Gasteiger partial charge on any atom is -0.431 e. The van der Waals surface area contributed by atoms with E-state index in [2.05, 4.69) is 13.8 Å². The Morgan fingerprint density at radius 3 is 2.24 bits per heavy atom. The Kier molecular flexibility index (Phi) is 2.57. The van der Waals surface area contributed by atoms with E-state index in [0.717, 1.165) is 35.9 Å². The summed E-state index contributed by atoms with van der Waals surface area (Å²) in [5.74, 6) is 5.05. The average molecular weight is 234 g/mol. The molecule has 0 N–H and O–H groups in total. The van der Waals surface area contributed by atoms with Crippen LogP contribution in [0, 0.1) is 29.6 Å². The molecule has 0 saturated heterocycles. The van der Waals surface area contributed by atoms with E-state index in [-0.39, 0.29) is 5.97 Å². The van der Waals surface area contributed by atoms with E-state index in [1.807, 2.05) is 0 Å². The Labute approximate surface area is 103 Å². The Hall–Kier alpha value is -0.790. The van der Waals surface area contributed by atoms with Gasteiger partial charge in [0.25, 0.3) is 0 Å². The number of carbonyl (C=O) groups excluding carboxylic acids is 1. The lowest BCUT2D eigenvalue weighted by Gasteiger charge is -2.14. The highest BCUT2D eigenvalue weighted by atomic mass is 16.5. The molecule has 0 aliphatic heterocycles. The zero-order valence-electron chi connectivity index (χ0n) is 11.0. The first-order valence-corrected chi connectivity index (χ1v) is 7.01. The summed E-state index contributed by atoms with van der Waals surface area (Å²) in [5.41, 5.74) is 1.28. The second kappa shape index (κ2) is 3.86. The van der Waals surface area contributed by atoms with Gasteiger partial charge in [-0.1, -0.05) is 6.92 Å². The van der Waals surface area contributed by atoms with Crippen LogP contribution in [0.2, 0.25) is 0 Å². The van der Waals surface area contributed by atoms with E-state index in [0.29, 0.717) is 5.92 Å². The fraction of sp³-hybridized carbons (Fsp3) is 0.800. The van der Waals surface area contributed by atoms with Crippen molar-refractivity contribution in [2.24, 2.45) is 29.6 Å². The van der Waals surface area contributed by atoms with Crippen molar-refractivity contribution in [2.75, 3.05) is 0 Å². The van der Waals surface area contributed by atoms with Gasteiger partial charge in [-0.3, -0.25) is 4.79 Å². The van der Waals surface area contributed by atoms with Crippen molar-refractivity contribution in [3.63, 3.8) is 0 Å². The lowest BCUT2D eigenvalue weighted by Crippen LogP contribution is -2.09. The van der Waals surface area contributed by atoms with Crippen LogP contribution >= 0.6 is 0 Å². The van der Waals surface area contributed by atoms with Gasteiger partial charge in [-0.05, 0) is 61.9 Å². The Balaban J connectivity index is 1.81. The lowest BCUT2D eigenvalue weighted by atomic mass is 9.99. The summed E-state index contributed by atoms with van der Waals surface area (Å²) in [4.78, 5) is 11.2. The zero-order chi connectivity index (χ0) is 12.2. The van der Waals surface area contributed by atoms with Crippen molar-refractivity contribution < 1.29 is 9.53 Å². The summed E-state index contributed by atoms with van der Waals surface area (Å²) in [7, 11) is 0. The number of hydrogen-bond donors (Lipinski definition) is 0. The highest BCUT2D eigenvalue weighted by Crippen LogP contribution is 2.71. The fourth-order valence-electron chi connectivity index (χ4n) is 4.44. The van der Waals surface area contributed by atoms with Gasteiger partial charge in [0, 0.05) is 12.8 Å². The lowest BCUT2D eigenvalue weighted by molar-refractivity contribution is -0.137. The molecule has 2 bridgehead atoms. The van der Waals surface area contributed by atoms with Gasteiger partial charge in [-0.25, -0.2) is 0 Å². The molecule has 3 aliphatic rings. The third-order valence-corrected chi connectivity index (χ3v) is 5.24. The van der Waals surface area contributed by atoms with Gasteiger partial charge >= 0.3 is 5.97 Å². The van der Waals surface area contributed by atoms with Crippen LogP contribution in [0.1, 0.15) is 46.5 Å². The van der Waals surface area contributed by atoms with Crippen molar-refractivity contribution in [3.8, 4) is 0 Å². The van der Waals surface area contributed by atoms with Gasteiger partial charge < -0.3 is 4.74 Å². The molecule has 0 spiro atoms. The predicted octanol–water partition coefficient (Wildman–Crippen LogP) is 3.53. The van der Waals surface area contributed by atoms with Gasteiger partial charge in [0.15, 0.2) is 0 Å². The van der Waals surface area contributed by atoms with Crippen LogP contribution in [0.4, 0.5) is 0 Å². The summed E-state index contributed by atoms with van der Waals surface area (Å²) in [6.07, 6.45) is 5.28. The molecule has 0 heterocycles. The Morgan fingerprint density at radius 2 is 1.76 bits per heavy atom. The average Bonchev–Trinajstić information content (AvgIpc) is 2.72. The molecule has 0 aromatic carbocycles. The number of esters is 1. The molecule has 3 rings (SSSR count). The maximum Gasteiger partial charge on any atom is 0.307 e. The summed E-state index contributed by atoms with van der Waals surface area (Å²) >= 11 is 0. The van der Waals surface area contributed by atoms with Gasteiger partial charge in [0.2, 0.25) is 0 Å². The van der Waals surface area contributed by atoms with E-state index in [9.17, 15) is 4.79 Å². The molecule has 3 saturated carbocycles. The number of ether oxygens (including phenoxy) is 1. The van der Waals surface area contributed by atoms with Gasteiger partial charge in [0.05, 0.1) is 0 Å². The first kappa shape index (κ1) is 11.3. The molecule has 3 fully saturated rings. The maximum absolute atomic E-state index is 11.2. The summed E-state index contributed by atoms with van der Waals surface area (Å²) in [6.45, 7) is 5.79. The van der Waals surface area contributed by atoms with E-state index in [4.69, 9.17) is 4.74 Å². The number of allylic oxidation sites excluding steroid dienone is 2. The molecule has 0 amide bonds. The highest BCUT2D eigenvalue weighted by Gasteiger charge is 2.66. The van der Waals surface area contributed by atoms with Crippen LogP contribution in [0.25, 0.3) is 0 Å². The summed E-state index contributed by atoms with van der Waals surface area (Å²) in [5, 5.41) is 0. The third-order valence-electron chi connectivity index (χ3n) is 5.24. The van der Waals surface area contributed by atoms with E-state index in [1.165, 1.54) is 31.8 Å². The van der Waals surface area contributed by atoms with Gasteiger partial charge in [-0.15, -0.1) is 0 Å². The van der Waals surface area contributed by atoms with E-state index in [1.54, 1.807) is 0 Å². The predicted molar refractivity (Wildman–Crippen MR) is 66.1 cm³/mol. The standard InChI is InChI=1S/C15H22O2/c1-4-8(2)15(17-9(3)16)14-12-10-5-6-11(7-10)13(12)14/h10-14H,4-7H2,1-3H3/b15-8+/t10-,11+,12+,13-,14?. The van der Waals surface area contributed by atoms with Gasteiger partial charge in [0.1, 0.15) is 5.76 Å². The fourth-order valence-corrected chi connectivity index (χ4v) is 4.44. The molecular formula is C15H22O2. The minimum absolute atomic E-state index is 0.148. The maximum atomic E-state index is 11.2. The first-order chi connectivity index (χ1) is 8.13. The molecule has 0 aromatic rings. The van der Waals surface area contributed by atoms with Crippen LogP contribution in [-0.2, 0) is 9.53 Å². The number of hydrogen-bond acceptors (Lipinski definition) is 2. The molecule has 2 nitrogen and oxygen atoms in total. The Morgan fingerprint density at radius 1 is 1.18 bits per heavy atom.